The number of carbonyl (C=O) groups excluding carboxylic acids is 2. The number of H-pyrrole nitrogens is 1. The molecule has 3 N–H and O–H groups in total. The molecular formula is C19H23N5O3. The minimum atomic E-state index is -0.319. The lowest BCUT2D eigenvalue weighted by Crippen LogP contribution is -2.51. The van der Waals surface area contributed by atoms with Crippen molar-refractivity contribution in [3.05, 3.63) is 46.0 Å². The first-order valence-corrected chi connectivity index (χ1v) is 9.22. The van der Waals surface area contributed by atoms with Crippen LogP contribution in [0.2, 0.25) is 0 Å². The zero-order chi connectivity index (χ0) is 19.1. The zero-order valence-corrected chi connectivity index (χ0v) is 15.4. The summed E-state index contributed by atoms with van der Waals surface area (Å²) in [5, 5.41) is 5.40. The lowest BCUT2D eigenvalue weighted by Gasteiger charge is -2.35. The number of carbonyl (C=O) groups is 2. The Balaban J connectivity index is 1.51. The molecule has 0 saturated carbocycles. The molecular weight excluding hydrogens is 346 g/mol. The Labute approximate surface area is 156 Å². The summed E-state index contributed by atoms with van der Waals surface area (Å²) in [6, 6.07) is 7.12. The topological polar surface area (TPSA) is 99.2 Å². The molecule has 1 aromatic carbocycles. The fourth-order valence-electron chi connectivity index (χ4n) is 4.15. The number of benzene rings is 1. The summed E-state index contributed by atoms with van der Waals surface area (Å²) < 4.78 is 1.81. The highest BCUT2D eigenvalue weighted by molar-refractivity contribution is 5.98. The number of nitrogens with zero attached hydrogens (tertiary/aromatic N) is 2. The Morgan fingerprint density at radius 1 is 1.15 bits per heavy atom. The number of aromatic nitrogens is 2. The van der Waals surface area contributed by atoms with E-state index < -0.39 is 0 Å². The van der Waals surface area contributed by atoms with Gasteiger partial charge in [-0.05, 0) is 38.8 Å². The van der Waals surface area contributed by atoms with Gasteiger partial charge in [-0.2, -0.15) is 0 Å². The van der Waals surface area contributed by atoms with Crippen LogP contribution in [0.3, 0.4) is 0 Å². The fourth-order valence-corrected chi connectivity index (χ4v) is 4.15. The van der Waals surface area contributed by atoms with E-state index in [-0.39, 0.29) is 29.7 Å². The maximum atomic E-state index is 13.0. The molecule has 3 amide bonds. The molecule has 0 radical (unpaired) electrons. The third kappa shape index (κ3) is 3.01. The third-order valence-corrected chi connectivity index (χ3v) is 5.46. The zero-order valence-electron chi connectivity index (χ0n) is 15.4. The van der Waals surface area contributed by atoms with Gasteiger partial charge < -0.3 is 20.5 Å². The maximum Gasteiger partial charge on any atom is 0.326 e. The lowest BCUT2D eigenvalue weighted by atomic mass is 9.99. The van der Waals surface area contributed by atoms with E-state index in [0.717, 1.165) is 11.0 Å². The van der Waals surface area contributed by atoms with Crippen LogP contribution in [-0.2, 0) is 4.79 Å². The van der Waals surface area contributed by atoms with Gasteiger partial charge in [0.1, 0.15) is 0 Å². The van der Waals surface area contributed by atoms with Crippen LogP contribution in [0.5, 0.6) is 0 Å². The van der Waals surface area contributed by atoms with Crippen molar-refractivity contribution in [3.8, 4) is 0 Å². The number of hydrogen-bond donors (Lipinski definition) is 3. The lowest BCUT2D eigenvalue weighted by molar-refractivity contribution is -0.128. The number of nitrogens with one attached hydrogen (secondary N) is 3. The van der Waals surface area contributed by atoms with Crippen LogP contribution in [0.15, 0.2) is 40.3 Å². The molecule has 3 heterocycles. The number of allylic oxidation sites excluding steroid dienone is 1. The smallest absolute Gasteiger partial charge is 0.326 e. The van der Waals surface area contributed by atoms with Crippen LogP contribution >= 0.6 is 0 Å². The van der Waals surface area contributed by atoms with Gasteiger partial charge in [-0.3, -0.25) is 9.36 Å². The highest BCUT2D eigenvalue weighted by atomic mass is 16.2. The van der Waals surface area contributed by atoms with Gasteiger partial charge in [-0.15, -0.1) is 0 Å². The minimum Gasteiger partial charge on any atom is -0.339 e. The van der Waals surface area contributed by atoms with Crippen molar-refractivity contribution in [2.24, 2.45) is 0 Å². The molecule has 0 spiro atoms. The van der Waals surface area contributed by atoms with Crippen molar-refractivity contribution >= 4 is 23.0 Å². The Morgan fingerprint density at radius 2 is 1.85 bits per heavy atom. The first-order valence-electron chi connectivity index (χ1n) is 9.22. The number of amides is 3. The molecule has 1 atom stereocenters. The first-order chi connectivity index (χ1) is 13.0. The molecule has 4 rings (SSSR count). The Bertz CT molecular complexity index is 994. The SMILES string of the molecule is CC1=C(C(=O)N2CCC(n3c(=O)[nH]c4ccccc43)CC2)[C@H](C)NC(=O)N1. The number of fused-ring (bicyclic) bond motifs is 1. The molecule has 2 aromatic rings. The fraction of sp³-hybridized carbons (Fsp3) is 0.421. The maximum absolute atomic E-state index is 13.0. The molecule has 0 bridgehead atoms. The summed E-state index contributed by atoms with van der Waals surface area (Å²) in [6.07, 6.45) is 1.43. The molecule has 8 nitrogen and oxygen atoms in total. The standard InChI is InChI=1S/C19H23N5O3/c1-11-16(12(2)21-18(26)20-11)17(25)23-9-7-13(8-10-23)24-15-6-4-3-5-14(15)22-19(24)27/h3-6,11,13H,7-10H2,1-2H3,(H,22,27)(H2,20,21,26)/t11-/m0/s1. The van der Waals surface area contributed by atoms with Crippen molar-refractivity contribution in [1.29, 1.82) is 0 Å². The van der Waals surface area contributed by atoms with Crippen molar-refractivity contribution in [2.75, 3.05) is 13.1 Å². The van der Waals surface area contributed by atoms with Gasteiger partial charge in [0.05, 0.1) is 22.6 Å². The van der Waals surface area contributed by atoms with Gasteiger partial charge in [0.15, 0.2) is 0 Å². The number of aromatic amines is 1. The van der Waals surface area contributed by atoms with E-state index in [1.54, 1.807) is 6.92 Å². The summed E-state index contributed by atoms with van der Waals surface area (Å²) in [4.78, 5) is 41.6. The Kier molecular flexibility index (Phi) is 4.25. The number of hydrogen-bond acceptors (Lipinski definition) is 3. The number of imidazole rings is 1. The van der Waals surface area contributed by atoms with Crippen LogP contribution in [0.4, 0.5) is 4.79 Å². The van der Waals surface area contributed by atoms with E-state index in [2.05, 4.69) is 15.6 Å². The number of rotatable bonds is 2. The number of urea groups is 1. The molecule has 0 aliphatic carbocycles. The largest absolute Gasteiger partial charge is 0.339 e. The van der Waals surface area contributed by atoms with E-state index in [1.807, 2.05) is 40.7 Å². The van der Waals surface area contributed by atoms with Gasteiger partial charge in [0, 0.05) is 24.8 Å². The second-order valence-corrected chi connectivity index (χ2v) is 7.20. The van der Waals surface area contributed by atoms with E-state index >= 15 is 0 Å². The predicted molar refractivity (Wildman–Crippen MR) is 101 cm³/mol. The average Bonchev–Trinajstić information content (AvgIpc) is 2.96. The first kappa shape index (κ1) is 17.4. The van der Waals surface area contributed by atoms with Crippen molar-refractivity contribution < 1.29 is 9.59 Å². The third-order valence-electron chi connectivity index (χ3n) is 5.46. The number of piperidine rings is 1. The van der Waals surface area contributed by atoms with Gasteiger partial charge in [-0.25, -0.2) is 9.59 Å². The molecule has 0 unspecified atom stereocenters. The van der Waals surface area contributed by atoms with Crippen LogP contribution < -0.4 is 16.3 Å². The summed E-state index contributed by atoms with van der Waals surface area (Å²) in [5.74, 6) is -0.0581. The highest BCUT2D eigenvalue weighted by Gasteiger charge is 2.32. The molecule has 1 aromatic heterocycles. The second-order valence-electron chi connectivity index (χ2n) is 7.20. The summed E-state index contributed by atoms with van der Waals surface area (Å²) in [5.41, 5.74) is 2.83. The highest BCUT2D eigenvalue weighted by Crippen LogP contribution is 2.26. The Morgan fingerprint density at radius 3 is 2.56 bits per heavy atom. The Hall–Kier alpha value is -3.03. The van der Waals surface area contributed by atoms with Gasteiger partial charge in [-0.1, -0.05) is 12.1 Å². The quantitative estimate of drug-likeness (QED) is 0.747. The van der Waals surface area contributed by atoms with Gasteiger partial charge in [0.2, 0.25) is 0 Å². The molecule has 8 heteroatoms. The van der Waals surface area contributed by atoms with E-state index in [0.29, 0.717) is 37.2 Å². The normalized spacial score (nSPS) is 21.3. The van der Waals surface area contributed by atoms with E-state index in [9.17, 15) is 14.4 Å². The number of para-hydroxylation sites is 2. The van der Waals surface area contributed by atoms with Crippen molar-refractivity contribution in [3.63, 3.8) is 0 Å². The van der Waals surface area contributed by atoms with E-state index in [4.69, 9.17) is 0 Å². The molecule has 1 fully saturated rings. The molecule has 2 aliphatic rings. The molecule has 142 valence electrons. The van der Waals surface area contributed by atoms with Crippen LogP contribution in [-0.4, -0.2) is 45.5 Å². The predicted octanol–water partition coefficient (Wildman–Crippen LogP) is 1.47. The summed E-state index contributed by atoms with van der Waals surface area (Å²) in [6.45, 7) is 4.72. The van der Waals surface area contributed by atoms with Crippen molar-refractivity contribution in [1.82, 2.24) is 25.1 Å². The minimum absolute atomic E-state index is 0.0581. The monoisotopic (exact) mass is 369 g/mol. The van der Waals surface area contributed by atoms with Crippen molar-refractivity contribution in [2.45, 2.75) is 38.8 Å². The molecule has 27 heavy (non-hydrogen) atoms. The second kappa shape index (κ2) is 6.61. The molecule has 2 aliphatic heterocycles. The summed E-state index contributed by atoms with van der Waals surface area (Å²) >= 11 is 0. The van der Waals surface area contributed by atoms with E-state index in [1.165, 1.54) is 0 Å². The van der Waals surface area contributed by atoms with Crippen LogP contribution in [0, 0.1) is 0 Å². The average molecular weight is 369 g/mol. The molecule has 1 saturated heterocycles. The van der Waals surface area contributed by atoms with Gasteiger partial charge in [0.25, 0.3) is 5.91 Å². The number of likely N-dealkylation sites (tertiary alicyclic amines) is 1. The van der Waals surface area contributed by atoms with Crippen LogP contribution in [0.25, 0.3) is 11.0 Å². The van der Waals surface area contributed by atoms with Crippen LogP contribution in [0.1, 0.15) is 32.7 Å². The summed E-state index contributed by atoms with van der Waals surface area (Å²) in [7, 11) is 0. The van der Waals surface area contributed by atoms with Gasteiger partial charge >= 0.3 is 11.7 Å².